The van der Waals surface area contributed by atoms with Gasteiger partial charge in [0.1, 0.15) is 0 Å². The summed E-state index contributed by atoms with van der Waals surface area (Å²) in [5, 5.41) is 0. The second-order valence-electron chi connectivity index (χ2n) is 4.23. The van der Waals surface area contributed by atoms with Gasteiger partial charge in [-0.15, -0.1) is 11.3 Å². The summed E-state index contributed by atoms with van der Waals surface area (Å²) >= 11 is 1.91. The monoisotopic (exact) mass is 216 g/mol. The van der Waals surface area contributed by atoms with Crippen molar-refractivity contribution in [1.29, 1.82) is 0 Å². The highest BCUT2D eigenvalue weighted by molar-refractivity contribution is 7.15. The van der Waals surface area contributed by atoms with E-state index in [1.54, 1.807) is 0 Å². The van der Waals surface area contributed by atoms with Crippen LogP contribution in [-0.2, 0) is 6.42 Å². The van der Waals surface area contributed by atoms with E-state index in [0.717, 1.165) is 5.92 Å². The second-order valence-corrected chi connectivity index (χ2v) is 5.40. The fraction of sp³-hybridized carbons (Fsp3) is 0.286. The van der Waals surface area contributed by atoms with Crippen LogP contribution in [0.2, 0.25) is 0 Å². The van der Waals surface area contributed by atoms with Gasteiger partial charge in [-0.05, 0) is 30.0 Å². The number of hydrogen-bond acceptors (Lipinski definition) is 1. The highest BCUT2D eigenvalue weighted by Gasteiger charge is 2.03. The summed E-state index contributed by atoms with van der Waals surface area (Å²) in [6, 6.07) is 15.1. The van der Waals surface area contributed by atoms with Gasteiger partial charge in [-0.2, -0.15) is 0 Å². The van der Waals surface area contributed by atoms with Crippen LogP contribution >= 0.6 is 11.3 Å². The van der Waals surface area contributed by atoms with Gasteiger partial charge in [0.25, 0.3) is 0 Å². The van der Waals surface area contributed by atoms with Gasteiger partial charge in [-0.25, -0.2) is 0 Å². The summed E-state index contributed by atoms with van der Waals surface area (Å²) in [4.78, 5) is 2.87. The molecule has 0 N–H and O–H groups in total. The zero-order chi connectivity index (χ0) is 10.7. The summed E-state index contributed by atoms with van der Waals surface area (Å²) in [7, 11) is 0. The summed E-state index contributed by atoms with van der Waals surface area (Å²) in [5.74, 6) is 0.743. The Labute approximate surface area is 95.6 Å². The van der Waals surface area contributed by atoms with Gasteiger partial charge in [-0.1, -0.05) is 44.2 Å². The quantitative estimate of drug-likeness (QED) is 0.702. The largest absolute Gasteiger partial charge is 0.140 e. The first-order valence-corrected chi connectivity index (χ1v) is 6.21. The third-order valence-corrected chi connectivity index (χ3v) is 3.49. The van der Waals surface area contributed by atoms with E-state index in [9.17, 15) is 0 Å². The molecule has 0 nitrogen and oxygen atoms in total. The molecule has 78 valence electrons. The van der Waals surface area contributed by atoms with Gasteiger partial charge < -0.3 is 0 Å². The average Bonchev–Trinajstić information content (AvgIpc) is 2.67. The van der Waals surface area contributed by atoms with Crippen LogP contribution in [-0.4, -0.2) is 0 Å². The van der Waals surface area contributed by atoms with Crippen LogP contribution in [0.25, 0.3) is 10.4 Å². The molecule has 1 heteroatoms. The van der Waals surface area contributed by atoms with Crippen molar-refractivity contribution < 1.29 is 0 Å². The molecule has 0 aliphatic rings. The molecule has 0 saturated heterocycles. The van der Waals surface area contributed by atoms with Crippen molar-refractivity contribution in [3.8, 4) is 10.4 Å². The fourth-order valence-corrected chi connectivity index (χ4v) is 2.87. The smallest absolute Gasteiger partial charge is 0.0345 e. The molecule has 0 atom stereocenters. The molecule has 2 rings (SSSR count). The Morgan fingerprint density at radius 1 is 1.00 bits per heavy atom. The third-order valence-electron chi connectivity index (χ3n) is 2.33. The molecule has 0 radical (unpaired) electrons. The first kappa shape index (κ1) is 10.4. The highest BCUT2D eigenvalue weighted by Crippen LogP contribution is 2.28. The molecule has 0 bridgehead atoms. The number of hydrogen-bond donors (Lipinski definition) is 0. The van der Waals surface area contributed by atoms with Crippen molar-refractivity contribution in [3.05, 3.63) is 47.3 Å². The Kier molecular flexibility index (Phi) is 3.22. The van der Waals surface area contributed by atoms with Crippen LogP contribution in [0, 0.1) is 5.92 Å². The Bertz CT molecular complexity index is 412. The minimum absolute atomic E-state index is 0.743. The highest BCUT2D eigenvalue weighted by atomic mass is 32.1. The number of thiophene rings is 1. The van der Waals surface area contributed by atoms with E-state index in [1.165, 1.54) is 21.7 Å². The van der Waals surface area contributed by atoms with E-state index < -0.39 is 0 Å². The van der Waals surface area contributed by atoms with Gasteiger partial charge in [0, 0.05) is 9.75 Å². The standard InChI is InChI=1S/C14H16S/c1-11(2)10-13-8-9-14(15-13)12-6-4-3-5-7-12/h3-9,11H,10H2,1-2H3. The summed E-state index contributed by atoms with van der Waals surface area (Å²) < 4.78 is 0. The fourth-order valence-electron chi connectivity index (χ4n) is 1.65. The van der Waals surface area contributed by atoms with Gasteiger partial charge in [0.15, 0.2) is 0 Å². The lowest BCUT2D eigenvalue weighted by Gasteiger charge is -2.00. The van der Waals surface area contributed by atoms with Crippen LogP contribution in [0.1, 0.15) is 18.7 Å². The van der Waals surface area contributed by atoms with Crippen molar-refractivity contribution in [3.63, 3.8) is 0 Å². The zero-order valence-electron chi connectivity index (χ0n) is 9.23. The zero-order valence-corrected chi connectivity index (χ0v) is 10.1. The van der Waals surface area contributed by atoms with Crippen molar-refractivity contribution in [2.75, 3.05) is 0 Å². The van der Waals surface area contributed by atoms with Crippen LogP contribution in [0.5, 0.6) is 0 Å². The van der Waals surface area contributed by atoms with Gasteiger partial charge in [0.05, 0.1) is 0 Å². The van der Waals surface area contributed by atoms with Crippen molar-refractivity contribution in [2.24, 2.45) is 5.92 Å². The lowest BCUT2D eigenvalue weighted by atomic mass is 10.1. The molecule has 0 aliphatic heterocycles. The maximum Gasteiger partial charge on any atom is 0.0345 e. The molecule has 0 spiro atoms. The first-order valence-electron chi connectivity index (χ1n) is 5.40. The minimum Gasteiger partial charge on any atom is -0.140 e. The molecule has 2 aromatic rings. The second kappa shape index (κ2) is 4.63. The SMILES string of the molecule is CC(C)Cc1ccc(-c2ccccc2)s1. The van der Waals surface area contributed by atoms with Crippen molar-refractivity contribution in [1.82, 2.24) is 0 Å². The Morgan fingerprint density at radius 3 is 2.40 bits per heavy atom. The number of rotatable bonds is 3. The van der Waals surface area contributed by atoms with Gasteiger partial charge in [-0.3, -0.25) is 0 Å². The van der Waals surface area contributed by atoms with Crippen LogP contribution in [0.4, 0.5) is 0 Å². The lowest BCUT2D eigenvalue weighted by Crippen LogP contribution is -1.89. The molecular weight excluding hydrogens is 200 g/mol. The summed E-state index contributed by atoms with van der Waals surface area (Å²) in [6.07, 6.45) is 1.19. The van der Waals surface area contributed by atoms with E-state index in [0.29, 0.717) is 0 Å². The minimum atomic E-state index is 0.743. The molecule has 0 saturated carbocycles. The molecule has 1 aromatic carbocycles. The maximum atomic E-state index is 2.27. The van der Waals surface area contributed by atoms with E-state index in [-0.39, 0.29) is 0 Å². The Balaban J connectivity index is 2.21. The van der Waals surface area contributed by atoms with Gasteiger partial charge in [0.2, 0.25) is 0 Å². The maximum absolute atomic E-state index is 2.27. The Hall–Kier alpha value is -1.08. The Morgan fingerprint density at radius 2 is 1.73 bits per heavy atom. The third kappa shape index (κ3) is 2.69. The van der Waals surface area contributed by atoms with Crippen LogP contribution in [0.15, 0.2) is 42.5 Å². The molecule has 0 fully saturated rings. The summed E-state index contributed by atoms with van der Waals surface area (Å²) in [6.45, 7) is 4.53. The van der Waals surface area contributed by atoms with Crippen LogP contribution in [0.3, 0.4) is 0 Å². The normalized spacial score (nSPS) is 10.9. The predicted molar refractivity (Wildman–Crippen MR) is 68.3 cm³/mol. The molecular formula is C14H16S. The van der Waals surface area contributed by atoms with E-state index in [1.807, 2.05) is 11.3 Å². The summed E-state index contributed by atoms with van der Waals surface area (Å²) in [5.41, 5.74) is 1.33. The molecule has 0 unspecified atom stereocenters. The molecule has 0 amide bonds. The van der Waals surface area contributed by atoms with Crippen molar-refractivity contribution in [2.45, 2.75) is 20.3 Å². The van der Waals surface area contributed by atoms with Gasteiger partial charge >= 0.3 is 0 Å². The van der Waals surface area contributed by atoms with Crippen LogP contribution < -0.4 is 0 Å². The molecule has 1 aromatic heterocycles. The number of benzene rings is 1. The van der Waals surface area contributed by atoms with E-state index >= 15 is 0 Å². The van der Waals surface area contributed by atoms with Crippen molar-refractivity contribution >= 4 is 11.3 Å². The van der Waals surface area contributed by atoms with E-state index in [2.05, 4.69) is 56.3 Å². The first-order chi connectivity index (χ1) is 7.25. The molecule has 1 heterocycles. The predicted octanol–water partition coefficient (Wildman–Crippen LogP) is 4.61. The molecule has 0 aliphatic carbocycles. The topological polar surface area (TPSA) is 0 Å². The lowest BCUT2D eigenvalue weighted by molar-refractivity contribution is 0.654. The van der Waals surface area contributed by atoms with E-state index in [4.69, 9.17) is 0 Å². The average molecular weight is 216 g/mol. The molecule has 15 heavy (non-hydrogen) atoms.